The second-order valence-corrected chi connectivity index (χ2v) is 26.0. The van der Waals surface area contributed by atoms with Crippen molar-refractivity contribution in [3.05, 3.63) is 0 Å². The van der Waals surface area contributed by atoms with Crippen LogP contribution in [0.2, 0.25) is 0 Å². The smallest absolute Gasteiger partial charge is 0.249 e. The lowest BCUT2D eigenvalue weighted by Crippen LogP contribution is -2.68. The molecule has 26 heteroatoms. The molecule has 0 aromatic rings. The molecule has 4 saturated heterocycles. The molecule has 16 N–H and O–H groups in total. The lowest BCUT2D eigenvalue weighted by atomic mass is 9.95. The van der Waals surface area contributed by atoms with E-state index in [0.717, 1.165) is 64.7 Å². The standard InChI is InChI=1S/C65H122N2O24/c1-5-7-9-11-13-15-17-19-20-21-22-23-25-27-29-31-33-35-44(72)61(83)67-42(50(74)43(71)34-32-30-28-26-24-18-16-14-12-10-8-6-2)38-84-65-60(56(80)51(75)45(36-68)88-65)91-64-58(82)55(79)52(76)47(89-64)39-85-62-48(66-41(4)70)59(53(77)46(37-69)87-62)90-63-57(81)54(78)49(73)40(3)86-63/h40,42-60,62-65,68-69,71-82H,5-39H2,1-4H3,(H,66,70)(H,67,83)/t40-,42-,43+,44+,45+,46+,47+,48+,49-,50-,51-,52-,53-,54+,55-,56-,57+,58+,59+,60+,62+,63-,64+,65-/m0/s1. The van der Waals surface area contributed by atoms with Gasteiger partial charge in [-0.1, -0.05) is 200 Å². The highest BCUT2D eigenvalue weighted by Gasteiger charge is 2.54. The van der Waals surface area contributed by atoms with Gasteiger partial charge in [0.25, 0.3) is 0 Å². The topological polar surface area (TPSA) is 415 Å². The van der Waals surface area contributed by atoms with Crippen LogP contribution in [0.3, 0.4) is 0 Å². The lowest BCUT2D eigenvalue weighted by Gasteiger charge is -2.48. The number of hydrogen-bond acceptors (Lipinski definition) is 24. The minimum Gasteiger partial charge on any atom is -0.394 e. The monoisotopic (exact) mass is 1310 g/mol. The average Bonchev–Trinajstić information content (AvgIpc) is 0.861. The zero-order valence-corrected chi connectivity index (χ0v) is 54.9. The third-order valence-corrected chi connectivity index (χ3v) is 18.3. The van der Waals surface area contributed by atoms with E-state index >= 15 is 0 Å². The largest absolute Gasteiger partial charge is 0.394 e. The Bertz CT molecular complexity index is 1890. The first-order valence-electron chi connectivity index (χ1n) is 34.8. The van der Waals surface area contributed by atoms with Crippen LogP contribution < -0.4 is 10.6 Å². The fourth-order valence-electron chi connectivity index (χ4n) is 12.4. The Morgan fingerprint density at radius 3 is 1.33 bits per heavy atom. The number of amides is 2. The molecule has 0 aromatic carbocycles. The van der Waals surface area contributed by atoms with Gasteiger partial charge >= 0.3 is 0 Å². The van der Waals surface area contributed by atoms with Gasteiger partial charge in [-0.3, -0.25) is 9.59 Å². The van der Waals surface area contributed by atoms with E-state index in [9.17, 15) is 81.1 Å². The van der Waals surface area contributed by atoms with Crippen molar-refractivity contribution in [1.82, 2.24) is 10.6 Å². The molecule has 0 spiro atoms. The third-order valence-electron chi connectivity index (χ3n) is 18.3. The van der Waals surface area contributed by atoms with Crippen molar-refractivity contribution in [2.45, 2.75) is 374 Å². The maximum Gasteiger partial charge on any atom is 0.249 e. The van der Waals surface area contributed by atoms with E-state index in [1.807, 2.05) is 0 Å². The van der Waals surface area contributed by atoms with Gasteiger partial charge in [0, 0.05) is 6.92 Å². The number of aliphatic hydroxyl groups excluding tert-OH is 14. The summed E-state index contributed by atoms with van der Waals surface area (Å²) in [5.74, 6) is -1.55. The van der Waals surface area contributed by atoms with Gasteiger partial charge in [-0.2, -0.15) is 0 Å². The van der Waals surface area contributed by atoms with Crippen LogP contribution in [-0.4, -0.2) is 257 Å². The predicted molar refractivity (Wildman–Crippen MR) is 332 cm³/mol. The summed E-state index contributed by atoms with van der Waals surface area (Å²) in [6.45, 7) is 3.77. The van der Waals surface area contributed by atoms with Crippen molar-refractivity contribution >= 4 is 11.8 Å². The highest BCUT2D eigenvalue weighted by molar-refractivity contribution is 5.80. The zero-order valence-electron chi connectivity index (χ0n) is 54.9. The molecule has 0 bridgehead atoms. The molecule has 0 unspecified atom stereocenters. The van der Waals surface area contributed by atoms with Gasteiger partial charge in [0.05, 0.1) is 44.7 Å². The fraction of sp³-hybridized carbons (Fsp3) is 0.969. The van der Waals surface area contributed by atoms with Gasteiger partial charge < -0.3 is 120 Å². The Balaban J connectivity index is 1.42. The Morgan fingerprint density at radius 2 is 0.846 bits per heavy atom. The van der Waals surface area contributed by atoms with E-state index in [4.69, 9.17) is 37.9 Å². The second kappa shape index (κ2) is 45.5. The molecule has 26 nitrogen and oxygen atoms in total. The summed E-state index contributed by atoms with van der Waals surface area (Å²) in [6, 6.07) is -2.93. The number of aliphatic hydroxyl groups is 14. The number of unbranched alkanes of at least 4 members (excludes halogenated alkanes) is 27. The van der Waals surface area contributed by atoms with E-state index in [-0.39, 0.29) is 12.8 Å². The summed E-state index contributed by atoms with van der Waals surface area (Å²) < 4.78 is 47.1. The van der Waals surface area contributed by atoms with Crippen LogP contribution in [0.25, 0.3) is 0 Å². The van der Waals surface area contributed by atoms with Crippen LogP contribution in [0.1, 0.15) is 227 Å². The molecule has 2 amide bonds. The molecule has 0 aromatic heterocycles. The van der Waals surface area contributed by atoms with Gasteiger partial charge in [-0.15, -0.1) is 0 Å². The molecule has 91 heavy (non-hydrogen) atoms. The molecular weight excluding hydrogens is 1190 g/mol. The minimum atomic E-state index is -2.10. The molecule has 4 fully saturated rings. The first-order valence-corrected chi connectivity index (χ1v) is 34.8. The maximum absolute atomic E-state index is 13.7. The van der Waals surface area contributed by atoms with Gasteiger partial charge in [0.2, 0.25) is 11.8 Å². The Kier molecular flexibility index (Phi) is 40.8. The van der Waals surface area contributed by atoms with Crippen LogP contribution >= 0.6 is 0 Å². The van der Waals surface area contributed by atoms with Gasteiger partial charge in [0.1, 0.15) is 104 Å². The molecule has 0 aliphatic carbocycles. The first kappa shape index (κ1) is 81.5. The highest BCUT2D eigenvalue weighted by atomic mass is 16.8. The van der Waals surface area contributed by atoms with E-state index in [1.54, 1.807) is 0 Å². The van der Waals surface area contributed by atoms with Crippen LogP contribution in [0.5, 0.6) is 0 Å². The molecule has 0 radical (unpaired) electrons. The number of rotatable bonds is 48. The molecule has 4 aliphatic rings. The van der Waals surface area contributed by atoms with Crippen molar-refractivity contribution in [1.29, 1.82) is 0 Å². The third kappa shape index (κ3) is 27.8. The number of carbonyl (C=O) groups excluding carboxylic acids is 2. The van der Waals surface area contributed by atoms with Crippen molar-refractivity contribution in [2.24, 2.45) is 0 Å². The molecule has 4 aliphatic heterocycles. The van der Waals surface area contributed by atoms with E-state index in [0.29, 0.717) is 12.8 Å². The number of ether oxygens (including phenoxy) is 8. The van der Waals surface area contributed by atoms with Crippen molar-refractivity contribution in [3.63, 3.8) is 0 Å². The predicted octanol–water partition coefficient (Wildman–Crippen LogP) is 2.15. The lowest BCUT2D eigenvalue weighted by molar-refractivity contribution is -0.373. The Labute approximate surface area is 540 Å². The van der Waals surface area contributed by atoms with Crippen molar-refractivity contribution in [3.8, 4) is 0 Å². The first-order chi connectivity index (χ1) is 43.7. The Hall–Kier alpha value is -1.94. The summed E-state index contributed by atoms with van der Waals surface area (Å²) in [4.78, 5) is 26.3. The number of carbonyl (C=O) groups is 2. The van der Waals surface area contributed by atoms with Gasteiger partial charge in [0.15, 0.2) is 25.2 Å². The number of hydrogen-bond donors (Lipinski definition) is 16. The summed E-state index contributed by atoms with van der Waals surface area (Å²) in [5.41, 5.74) is 0. The van der Waals surface area contributed by atoms with E-state index in [1.165, 1.54) is 122 Å². The van der Waals surface area contributed by atoms with Gasteiger partial charge in [-0.25, -0.2) is 0 Å². The minimum absolute atomic E-state index is 0.124. The van der Waals surface area contributed by atoms with Gasteiger partial charge in [-0.05, 0) is 19.8 Å². The van der Waals surface area contributed by atoms with E-state index in [2.05, 4.69) is 24.5 Å². The highest BCUT2D eigenvalue weighted by Crippen LogP contribution is 2.34. The number of nitrogens with one attached hydrogen (secondary N) is 2. The molecule has 4 heterocycles. The molecule has 4 rings (SSSR count). The quantitative estimate of drug-likeness (QED) is 0.0388. The fourth-order valence-corrected chi connectivity index (χ4v) is 12.4. The average molecular weight is 1320 g/mol. The van der Waals surface area contributed by atoms with Crippen LogP contribution in [0, 0.1) is 0 Å². The molecule has 536 valence electrons. The molecular formula is C65H122N2O24. The van der Waals surface area contributed by atoms with Crippen molar-refractivity contribution < 1.29 is 119 Å². The zero-order chi connectivity index (χ0) is 66.8. The van der Waals surface area contributed by atoms with Crippen LogP contribution in [-0.2, 0) is 47.5 Å². The van der Waals surface area contributed by atoms with E-state index < -0.39 is 185 Å². The molecule has 0 saturated carbocycles. The van der Waals surface area contributed by atoms with Crippen LogP contribution in [0.15, 0.2) is 0 Å². The summed E-state index contributed by atoms with van der Waals surface area (Å²) in [5, 5.41) is 159. The normalized spacial score (nSPS) is 33.5. The summed E-state index contributed by atoms with van der Waals surface area (Å²) in [7, 11) is 0. The SMILES string of the molecule is CCCCCCCCCCCCCCCCCCC[C@@H](O)C(=O)N[C@@H](CO[C@H]1O[C@H](CO)[C@H](O)[C@H](O)[C@H]1O[C@H]1O[C@H](CO[C@@H]2O[C@H](CO)[C@H](O)[C@H](O[C@@H]3O[C@@H](C)[C@H](O)[C@@H](O)[C@H]3O)[C@H]2NC(C)=O)[C@H](O)[C@H](O)[C@H]1O)[C@H](O)[C@H](O)CCCCCCCCCCCCCC. The Morgan fingerprint density at radius 1 is 0.440 bits per heavy atom. The van der Waals surface area contributed by atoms with Crippen LogP contribution in [0.4, 0.5) is 0 Å². The second-order valence-electron chi connectivity index (χ2n) is 26.0. The summed E-state index contributed by atoms with van der Waals surface area (Å²) >= 11 is 0. The summed E-state index contributed by atoms with van der Waals surface area (Å²) in [6.07, 6.45) is -4.69. The maximum atomic E-state index is 13.7. The van der Waals surface area contributed by atoms with Crippen molar-refractivity contribution in [2.75, 3.05) is 26.4 Å². The molecule has 24 atom stereocenters.